The fraction of sp³-hybridized carbons (Fsp3) is 0.290. The standard InChI is InChI=1S/C31H33ClN2O5/c1-20(2)18-34-27(24-9-6-10-29(37-3)31(24)38-4)17-26(33-34)25-16-21(12-14-30(35)36)11-13-28(25)39-19-22-7-5-8-23(32)15-22/h5-11,13,15-17,20H,12,14,18-19H2,1-4H3,(H,35,36). The molecule has 1 N–H and O–H groups in total. The van der Waals surface area contributed by atoms with Gasteiger partial charge in [-0.15, -0.1) is 0 Å². The molecule has 7 nitrogen and oxygen atoms in total. The number of halogens is 1. The van der Waals surface area contributed by atoms with E-state index in [1.54, 1.807) is 14.2 Å². The van der Waals surface area contributed by atoms with Gasteiger partial charge < -0.3 is 19.3 Å². The van der Waals surface area contributed by atoms with Gasteiger partial charge in [0.15, 0.2) is 11.5 Å². The summed E-state index contributed by atoms with van der Waals surface area (Å²) in [4.78, 5) is 11.2. The second kappa shape index (κ2) is 12.7. The maximum absolute atomic E-state index is 11.2. The number of carboxylic acids is 1. The molecule has 0 unspecified atom stereocenters. The third kappa shape index (κ3) is 6.92. The Hall–Kier alpha value is -3.97. The zero-order valence-corrected chi connectivity index (χ0v) is 23.4. The summed E-state index contributed by atoms with van der Waals surface area (Å²) in [6.45, 7) is 5.29. The fourth-order valence-electron chi connectivity index (χ4n) is 4.44. The Bertz CT molecular complexity index is 1450. The predicted octanol–water partition coefficient (Wildman–Crippen LogP) is 7.14. The van der Waals surface area contributed by atoms with Crippen LogP contribution in [0.1, 0.15) is 31.4 Å². The Labute approximate surface area is 233 Å². The van der Waals surface area contributed by atoms with Crippen LogP contribution in [-0.4, -0.2) is 35.1 Å². The van der Waals surface area contributed by atoms with Crippen LogP contribution in [0.5, 0.6) is 17.2 Å². The second-order valence-corrected chi connectivity index (χ2v) is 10.1. The minimum absolute atomic E-state index is 0.0379. The van der Waals surface area contributed by atoms with Crippen LogP contribution in [0.4, 0.5) is 0 Å². The maximum atomic E-state index is 11.2. The summed E-state index contributed by atoms with van der Waals surface area (Å²) in [7, 11) is 3.24. The highest BCUT2D eigenvalue weighted by Crippen LogP contribution is 2.40. The van der Waals surface area contributed by atoms with E-state index in [1.165, 1.54) is 0 Å². The topological polar surface area (TPSA) is 82.8 Å². The molecular weight excluding hydrogens is 516 g/mol. The van der Waals surface area contributed by atoms with Crippen molar-refractivity contribution in [2.75, 3.05) is 14.2 Å². The third-order valence-electron chi connectivity index (χ3n) is 6.23. The van der Waals surface area contributed by atoms with E-state index < -0.39 is 5.97 Å². The Morgan fingerprint density at radius 2 is 1.74 bits per heavy atom. The van der Waals surface area contributed by atoms with Gasteiger partial charge in [0.25, 0.3) is 0 Å². The zero-order chi connectivity index (χ0) is 27.9. The summed E-state index contributed by atoms with van der Waals surface area (Å²) in [5.74, 6) is 1.41. The van der Waals surface area contributed by atoms with E-state index in [-0.39, 0.29) is 6.42 Å². The molecule has 3 aromatic carbocycles. The van der Waals surface area contributed by atoms with E-state index in [0.29, 0.717) is 53.5 Å². The minimum atomic E-state index is -0.841. The molecule has 0 aliphatic carbocycles. The van der Waals surface area contributed by atoms with Crippen LogP contribution >= 0.6 is 11.6 Å². The molecule has 0 saturated carbocycles. The molecule has 0 radical (unpaired) electrons. The summed E-state index contributed by atoms with van der Waals surface area (Å²) in [6, 6.07) is 21.1. The van der Waals surface area contributed by atoms with Crippen molar-refractivity contribution < 1.29 is 24.1 Å². The van der Waals surface area contributed by atoms with Gasteiger partial charge >= 0.3 is 5.97 Å². The van der Waals surface area contributed by atoms with E-state index in [0.717, 1.165) is 27.9 Å². The van der Waals surface area contributed by atoms with Crippen molar-refractivity contribution in [1.29, 1.82) is 0 Å². The summed E-state index contributed by atoms with van der Waals surface area (Å²) in [5.41, 5.74) is 5.07. The quantitative estimate of drug-likeness (QED) is 0.202. The lowest BCUT2D eigenvalue weighted by Crippen LogP contribution is -2.08. The zero-order valence-electron chi connectivity index (χ0n) is 22.6. The largest absolute Gasteiger partial charge is 0.493 e. The number of aliphatic carboxylic acids is 1. The lowest BCUT2D eigenvalue weighted by Gasteiger charge is -2.14. The fourth-order valence-corrected chi connectivity index (χ4v) is 4.65. The maximum Gasteiger partial charge on any atom is 0.303 e. The van der Waals surface area contributed by atoms with Crippen LogP contribution in [0, 0.1) is 5.92 Å². The molecule has 4 rings (SSSR count). The molecule has 0 fully saturated rings. The predicted molar refractivity (Wildman–Crippen MR) is 153 cm³/mol. The van der Waals surface area contributed by atoms with Crippen molar-refractivity contribution in [3.8, 4) is 39.8 Å². The monoisotopic (exact) mass is 548 g/mol. The van der Waals surface area contributed by atoms with E-state index in [9.17, 15) is 9.90 Å². The lowest BCUT2D eigenvalue weighted by atomic mass is 10.0. The number of carbonyl (C=O) groups is 1. The van der Waals surface area contributed by atoms with Crippen LogP contribution in [0.3, 0.4) is 0 Å². The van der Waals surface area contributed by atoms with Crippen LogP contribution < -0.4 is 14.2 Å². The van der Waals surface area contributed by atoms with Gasteiger partial charge in [0.2, 0.25) is 0 Å². The first kappa shape index (κ1) is 28.0. The molecule has 0 bridgehead atoms. The van der Waals surface area contributed by atoms with E-state index >= 15 is 0 Å². The molecule has 0 aliphatic rings. The molecule has 0 spiro atoms. The minimum Gasteiger partial charge on any atom is -0.493 e. The molecule has 0 atom stereocenters. The molecule has 0 saturated heterocycles. The molecule has 4 aromatic rings. The number of methoxy groups -OCH3 is 2. The number of hydrogen-bond acceptors (Lipinski definition) is 5. The molecular formula is C31H33ClN2O5. The van der Waals surface area contributed by atoms with Crippen LogP contribution in [-0.2, 0) is 24.4 Å². The summed E-state index contributed by atoms with van der Waals surface area (Å²) >= 11 is 6.17. The number of rotatable bonds is 12. The summed E-state index contributed by atoms with van der Waals surface area (Å²) < 4.78 is 19.5. The van der Waals surface area contributed by atoms with Crippen molar-refractivity contribution in [3.63, 3.8) is 0 Å². The smallest absolute Gasteiger partial charge is 0.303 e. The van der Waals surface area contributed by atoms with Crippen LogP contribution in [0.15, 0.2) is 66.7 Å². The normalized spacial score (nSPS) is 11.0. The van der Waals surface area contributed by atoms with Crippen molar-refractivity contribution in [2.45, 2.75) is 39.8 Å². The SMILES string of the molecule is COc1cccc(-c2cc(-c3cc(CCC(=O)O)ccc3OCc3cccc(Cl)c3)nn2CC(C)C)c1OC. The Kier molecular flexibility index (Phi) is 9.15. The van der Waals surface area contributed by atoms with Crippen molar-refractivity contribution in [2.24, 2.45) is 5.92 Å². The first-order valence-electron chi connectivity index (χ1n) is 12.8. The van der Waals surface area contributed by atoms with E-state index in [1.807, 2.05) is 71.4 Å². The number of benzene rings is 3. The second-order valence-electron chi connectivity index (χ2n) is 9.67. The van der Waals surface area contributed by atoms with Gasteiger partial charge in [-0.05, 0) is 65.9 Å². The number of aromatic nitrogens is 2. The molecule has 204 valence electrons. The van der Waals surface area contributed by atoms with Gasteiger partial charge in [-0.25, -0.2) is 0 Å². The Balaban J connectivity index is 1.81. The third-order valence-corrected chi connectivity index (χ3v) is 6.46. The molecule has 1 aromatic heterocycles. The van der Waals surface area contributed by atoms with Crippen molar-refractivity contribution >= 4 is 17.6 Å². The summed E-state index contributed by atoms with van der Waals surface area (Å²) in [6.07, 6.45) is 0.441. The van der Waals surface area contributed by atoms with Gasteiger partial charge in [-0.3, -0.25) is 9.48 Å². The molecule has 39 heavy (non-hydrogen) atoms. The van der Waals surface area contributed by atoms with Gasteiger partial charge in [0.1, 0.15) is 12.4 Å². The lowest BCUT2D eigenvalue weighted by molar-refractivity contribution is -0.136. The average Bonchev–Trinajstić information content (AvgIpc) is 3.33. The van der Waals surface area contributed by atoms with Gasteiger partial charge in [0, 0.05) is 29.1 Å². The highest BCUT2D eigenvalue weighted by Gasteiger charge is 2.20. The Morgan fingerprint density at radius 3 is 2.44 bits per heavy atom. The Morgan fingerprint density at radius 1 is 0.949 bits per heavy atom. The number of nitrogens with zero attached hydrogens (tertiary/aromatic N) is 2. The number of para-hydroxylation sites is 1. The first-order valence-corrected chi connectivity index (χ1v) is 13.2. The van der Waals surface area contributed by atoms with E-state index in [2.05, 4.69) is 13.8 Å². The average molecular weight is 549 g/mol. The molecule has 8 heteroatoms. The molecule has 1 heterocycles. The molecule has 0 amide bonds. The van der Waals surface area contributed by atoms with Gasteiger partial charge in [-0.2, -0.15) is 5.10 Å². The molecule has 0 aliphatic heterocycles. The van der Waals surface area contributed by atoms with E-state index in [4.69, 9.17) is 30.9 Å². The van der Waals surface area contributed by atoms with Crippen molar-refractivity contribution in [3.05, 3.63) is 82.9 Å². The number of ether oxygens (including phenoxy) is 3. The summed E-state index contributed by atoms with van der Waals surface area (Å²) in [5, 5.41) is 14.9. The van der Waals surface area contributed by atoms with Gasteiger partial charge in [0.05, 0.1) is 25.6 Å². The van der Waals surface area contributed by atoms with Crippen molar-refractivity contribution in [1.82, 2.24) is 9.78 Å². The highest BCUT2D eigenvalue weighted by molar-refractivity contribution is 6.30. The van der Waals surface area contributed by atoms with Crippen LogP contribution in [0.2, 0.25) is 5.02 Å². The first-order chi connectivity index (χ1) is 18.8. The number of hydrogen-bond donors (Lipinski definition) is 1. The van der Waals surface area contributed by atoms with Crippen LogP contribution in [0.25, 0.3) is 22.5 Å². The highest BCUT2D eigenvalue weighted by atomic mass is 35.5. The number of aryl methyl sites for hydroxylation is 1. The number of carboxylic acid groups (broad SMARTS) is 1. The van der Waals surface area contributed by atoms with Gasteiger partial charge in [-0.1, -0.05) is 49.7 Å².